The highest BCUT2D eigenvalue weighted by Gasteiger charge is 2.30. The monoisotopic (exact) mass is 581 g/mol. The van der Waals surface area contributed by atoms with E-state index < -0.39 is 16.1 Å². The van der Waals surface area contributed by atoms with E-state index >= 15 is 0 Å². The third-order valence-electron chi connectivity index (χ3n) is 6.85. The van der Waals surface area contributed by atoms with Gasteiger partial charge in [-0.25, -0.2) is 8.42 Å². The molecule has 0 saturated heterocycles. The van der Waals surface area contributed by atoms with Crippen molar-refractivity contribution in [1.29, 1.82) is 0 Å². The number of amides is 2. The highest BCUT2D eigenvalue weighted by atomic mass is 35.5. The van der Waals surface area contributed by atoms with E-state index in [2.05, 4.69) is 5.32 Å². The summed E-state index contributed by atoms with van der Waals surface area (Å²) in [6.45, 7) is 2.28. The fourth-order valence-electron chi connectivity index (χ4n) is 4.89. The lowest BCUT2D eigenvalue weighted by Crippen LogP contribution is -2.51. The van der Waals surface area contributed by atoms with E-state index in [1.165, 1.54) is 10.7 Å². The van der Waals surface area contributed by atoms with Gasteiger partial charge in [0.25, 0.3) is 0 Å². The Bertz CT molecular complexity index is 1180. The largest absolute Gasteiger partial charge is 0.352 e. The minimum atomic E-state index is -3.58. The van der Waals surface area contributed by atoms with Gasteiger partial charge in [-0.1, -0.05) is 67.6 Å². The van der Waals surface area contributed by atoms with E-state index in [4.69, 9.17) is 23.2 Å². The van der Waals surface area contributed by atoms with Gasteiger partial charge in [-0.05, 0) is 61.6 Å². The average Bonchev–Trinajstić information content (AvgIpc) is 2.87. The number of nitrogens with zero attached hydrogens (tertiary/aromatic N) is 2. The Morgan fingerprint density at radius 2 is 1.71 bits per heavy atom. The number of nitrogens with one attached hydrogen (secondary N) is 1. The number of hydrogen-bond acceptors (Lipinski definition) is 4. The number of anilines is 1. The van der Waals surface area contributed by atoms with Crippen molar-refractivity contribution in [2.75, 3.05) is 17.1 Å². The smallest absolute Gasteiger partial charge is 0.243 e. The topological polar surface area (TPSA) is 86.8 Å². The van der Waals surface area contributed by atoms with Crippen LogP contribution in [-0.4, -0.2) is 50.0 Å². The lowest BCUT2D eigenvalue weighted by molar-refractivity contribution is -0.141. The quantitative estimate of drug-likeness (QED) is 0.343. The predicted octanol–water partition coefficient (Wildman–Crippen LogP) is 5.80. The SMILES string of the molecule is CC[C@@H](C(=O)NC1CCCCC1)N(Cc1ccc(Cl)cc1)C(=O)CCCN(c1cccc(Cl)c1)S(C)(=O)=O. The van der Waals surface area contributed by atoms with Crippen LogP contribution in [-0.2, 0) is 26.2 Å². The van der Waals surface area contributed by atoms with Gasteiger partial charge in [0, 0.05) is 35.6 Å². The summed E-state index contributed by atoms with van der Waals surface area (Å²) in [5, 5.41) is 4.19. The molecule has 2 aromatic carbocycles. The molecule has 208 valence electrons. The van der Waals surface area contributed by atoms with Crippen molar-refractivity contribution in [2.24, 2.45) is 0 Å². The van der Waals surface area contributed by atoms with E-state index in [0.717, 1.165) is 37.5 Å². The molecule has 0 radical (unpaired) electrons. The van der Waals surface area contributed by atoms with Crippen LogP contribution in [0.5, 0.6) is 0 Å². The molecule has 1 atom stereocenters. The standard InChI is InChI=1S/C28H37Cl2N3O4S/c1-3-26(28(35)31-24-10-5-4-6-11-24)32(20-21-14-16-22(29)17-15-21)27(34)13-8-18-33(38(2,36)37)25-12-7-9-23(30)19-25/h7,9,12,14-17,19,24,26H,3-6,8,10-11,13,18,20H2,1-2H3,(H,31,35)/t26-/m0/s1. The summed E-state index contributed by atoms with van der Waals surface area (Å²) in [5.74, 6) is -0.344. The molecule has 0 aromatic heterocycles. The molecule has 7 nitrogen and oxygen atoms in total. The molecule has 1 N–H and O–H groups in total. The first-order valence-electron chi connectivity index (χ1n) is 13.2. The van der Waals surface area contributed by atoms with Crippen LogP contribution in [0.4, 0.5) is 5.69 Å². The van der Waals surface area contributed by atoms with Crippen molar-refractivity contribution in [1.82, 2.24) is 10.2 Å². The number of halogens is 2. The summed E-state index contributed by atoms with van der Waals surface area (Å²) in [7, 11) is -3.58. The molecule has 0 bridgehead atoms. The average molecular weight is 583 g/mol. The normalized spacial score (nSPS) is 15.1. The van der Waals surface area contributed by atoms with Crippen LogP contribution in [0.25, 0.3) is 0 Å². The molecule has 2 amide bonds. The molecule has 38 heavy (non-hydrogen) atoms. The van der Waals surface area contributed by atoms with Gasteiger partial charge in [-0.15, -0.1) is 0 Å². The lowest BCUT2D eigenvalue weighted by atomic mass is 9.95. The minimum absolute atomic E-state index is 0.0907. The Balaban J connectivity index is 1.75. The fraction of sp³-hybridized carbons (Fsp3) is 0.500. The van der Waals surface area contributed by atoms with Gasteiger partial charge >= 0.3 is 0 Å². The number of carbonyl (C=O) groups is 2. The molecule has 2 aromatic rings. The van der Waals surface area contributed by atoms with Crippen LogP contribution in [0.1, 0.15) is 63.9 Å². The van der Waals surface area contributed by atoms with Crippen LogP contribution >= 0.6 is 23.2 Å². The second kappa shape index (κ2) is 14.2. The Morgan fingerprint density at radius 3 is 2.32 bits per heavy atom. The Labute approximate surface area is 236 Å². The van der Waals surface area contributed by atoms with Crippen LogP contribution in [0.15, 0.2) is 48.5 Å². The van der Waals surface area contributed by atoms with Gasteiger partial charge in [-0.3, -0.25) is 13.9 Å². The van der Waals surface area contributed by atoms with E-state index in [9.17, 15) is 18.0 Å². The van der Waals surface area contributed by atoms with Gasteiger partial charge < -0.3 is 10.2 Å². The summed E-state index contributed by atoms with van der Waals surface area (Å²) < 4.78 is 26.2. The predicted molar refractivity (Wildman–Crippen MR) is 154 cm³/mol. The molecule has 0 aliphatic heterocycles. The first-order valence-corrected chi connectivity index (χ1v) is 15.8. The zero-order valence-corrected chi connectivity index (χ0v) is 24.4. The Kier molecular flexibility index (Phi) is 11.3. The number of rotatable bonds is 12. The van der Waals surface area contributed by atoms with Gasteiger partial charge in [0.2, 0.25) is 21.8 Å². The van der Waals surface area contributed by atoms with E-state index in [0.29, 0.717) is 22.2 Å². The van der Waals surface area contributed by atoms with Crippen molar-refractivity contribution in [3.63, 3.8) is 0 Å². The minimum Gasteiger partial charge on any atom is -0.352 e. The van der Waals surface area contributed by atoms with Crippen LogP contribution in [0, 0.1) is 0 Å². The van der Waals surface area contributed by atoms with Crippen molar-refractivity contribution in [3.05, 3.63) is 64.1 Å². The Hall–Kier alpha value is -2.29. The molecule has 0 unspecified atom stereocenters. The van der Waals surface area contributed by atoms with Crippen LogP contribution in [0.3, 0.4) is 0 Å². The molecule has 1 aliphatic rings. The van der Waals surface area contributed by atoms with Crippen molar-refractivity contribution >= 4 is 50.7 Å². The zero-order chi connectivity index (χ0) is 27.7. The molecule has 0 heterocycles. The highest BCUT2D eigenvalue weighted by Crippen LogP contribution is 2.23. The molecule has 1 aliphatic carbocycles. The fourth-order valence-corrected chi connectivity index (χ4v) is 6.15. The van der Waals surface area contributed by atoms with Crippen LogP contribution in [0.2, 0.25) is 10.0 Å². The van der Waals surface area contributed by atoms with Crippen molar-refractivity contribution in [3.8, 4) is 0 Å². The van der Waals surface area contributed by atoms with Gasteiger partial charge in [0.1, 0.15) is 6.04 Å². The number of carbonyl (C=O) groups excluding carboxylic acids is 2. The molecule has 3 rings (SSSR count). The number of sulfonamides is 1. The summed E-state index contributed by atoms with van der Waals surface area (Å²) in [6, 6.07) is 13.3. The first-order chi connectivity index (χ1) is 18.1. The summed E-state index contributed by atoms with van der Waals surface area (Å²) in [5.41, 5.74) is 1.31. The number of hydrogen-bond donors (Lipinski definition) is 1. The maximum absolute atomic E-state index is 13.6. The summed E-state index contributed by atoms with van der Waals surface area (Å²) >= 11 is 12.1. The zero-order valence-electron chi connectivity index (χ0n) is 22.0. The molecular formula is C28H37Cl2N3O4S. The van der Waals surface area contributed by atoms with Gasteiger partial charge in [0.15, 0.2) is 0 Å². The lowest BCUT2D eigenvalue weighted by Gasteiger charge is -2.33. The summed E-state index contributed by atoms with van der Waals surface area (Å²) in [6.07, 6.45) is 7.27. The van der Waals surface area contributed by atoms with E-state index in [-0.39, 0.29) is 43.8 Å². The maximum atomic E-state index is 13.6. The second-order valence-electron chi connectivity index (χ2n) is 9.83. The Morgan fingerprint density at radius 1 is 1.03 bits per heavy atom. The van der Waals surface area contributed by atoms with E-state index in [1.54, 1.807) is 41.3 Å². The van der Waals surface area contributed by atoms with Gasteiger partial charge in [0.05, 0.1) is 11.9 Å². The van der Waals surface area contributed by atoms with Crippen molar-refractivity contribution < 1.29 is 18.0 Å². The molecule has 1 fully saturated rings. The van der Waals surface area contributed by atoms with Gasteiger partial charge in [-0.2, -0.15) is 0 Å². The third kappa shape index (κ3) is 8.89. The highest BCUT2D eigenvalue weighted by molar-refractivity contribution is 7.92. The number of benzene rings is 2. The third-order valence-corrected chi connectivity index (χ3v) is 8.53. The molecular weight excluding hydrogens is 545 g/mol. The first kappa shape index (κ1) is 30.3. The summed E-state index contributed by atoms with van der Waals surface area (Å²) in [4.78, 5) is 28.5. The van der Waals surface area contributed by atoms with Crippen LogP contribution < -0.4 is 9.62 Å². The van der Waals surface area contributed by atoms with E-state index in [1.807, 2.05) is 19.1 Å². The maximum Gasteiger partial charge on any atom is 0.243 e. The molecule has 10 heteroatoms. The van der Waals surface area contributed by atoms with Crippen molar-refractivity contribution in [2.45, 2.75) is 76.9 Å². The second-order valence-corrected chi connectivity index (χ2v) is 12.6. The molecule has 0 spiro atoms. The molecule has 1 saturated carbocycles.